The highest BCUT2D eigenvalue weighted by molar-refractivity contribution is 14.0. The van der Waals surface area contributed by atoms with Crippen molar-refractivity contribution in [3.63, 3.8) is 0 Å². The average Bonchev–Trinajstić information content (AvgIpc) is 2.63. The fourth-order valence-corrected chi connectivity index (χ4v) is 2.74. The first-order valence-electron chi connectivity index (χ1n) is 8.77. The molecule has 1 aliphatic heterocycles. The van der Waals surface area contributed by atoms with Crippen LogP contribution in [0.25, 0.3) is 0 Å². The van der Waals surface area contributed by atoms with Crippen LogP contribution >= 0.6 is 24.0 Å². The lowest BCUT2D eigenvalue weighted by Crippen LogP contribution is -2.53. The lowest BCUT2D eigenvalue weighted by atomic mass is 10.2. The summed E-state index contributed by atoms with van der Waals surface area (Å²) in [7, 11) is 1.77. The first kappa shape index (κ1) is 22.3. The van der Waals surface area contributed by atoms with E-state index in [1.807, 2.05) is 32.0 Å². The molecular weight excluding hydrogens is 447 g/mol. The van der Waals surface area contributed by atoms with Gasteiger partial charge in [0.1, 0.15) is 5.75 Å². The zero-order valence-electron chi connectivity index (χ0n) is 15.7. The van der Waals surface area contributed by atoms with Crippen molar-refractivity contribution in [1.82, 2.24) is 15.1 Å². The van der Waals surface area contributed by atoms with Crippen molar-refractivity contribution in [3.8, 4) is 5.75 Å². The normalized spacial score (nSPS) is 14.5. The summed E-state index contributed by atoms with van der Waals surface area (Å²) in [6, 6.07) is 8.03. The molecule has 1 heterocycles. The summed E-state index contributed by atoms with van der Waals surface area (Å²) in [6.45, 7) is 8.27. The number of halogens is 1. The minimum absolute atomic E-state index is 0. The molecule has 0 aliphatic carbocycles. The van der Waals surface area contributed by atoms with Gasteiger partial charge in [-0.05, 0) is 31.5 Å². The Bertz CT molecular complexity index is 590. The summed E-state index contributed by atoms with van der Waals surface area (Å²) < 4.78 is 10.6. The molecule has 1 aliphatic rings. The monoisotopic (exact) mass is 476 g/mol. The molecule has 1 fully saturated rings. The number of benzene rings is 1. The third-order valence-electron chi connectivity index (χ3n) is 3.98. The van der Waals surface area contributed by atoms with E-state index in [9.17, 15) is 4.79 Å². The Morgan fingerprint density at radius 3 is 2.46 bits per heavy atom. The van der Waals surface area contributed by atoms with Crippen molar-refractivity contribution in [2.45, 2.75) is 20.4 Å². The Morgan fingerprint density at radius 2 is 1.85 bits per heavy atom. The molecule has 1 aromatic rings. The minimum Gasteiger partial charge on any atom is -0.494 e. The van der Waals surface area contributed by atoms with Crippen LogP contribution in [0.3, 0.4) is 0 Å². The van der Waals surface area contributed by atoms with Crippen LogP contribution in [0.5, 0.6) is 5.75 Å². The lowest BCUT2D eigenvalue weighted by Gasteiger charge is -2.35. The number of hydrogen-bond donors (Lipinski definition) is 1. The summed E-state index contributed by atoms with van der Waals surface area (Å²) in [4.78, 5) is 20.0. The smallest absolute Gasteiger partial charge is 0.409 e. The second kappa shape index (κ2) is 11.8. The van der Waals surface area contributed by atoms with Crippen LogP contribution in [0.15, 0.2) is 29.3 Å². The van der Waals surface area contributed by atoms with Crippen LogP contribution in [0, 0.1) is 0 Å². The summed E-state index contributed by atoms with van der Waals surface area (Å²) >= 11 is 0. The summed E-state index contributed by atoms with van der Waals surface area (Å²) in [5.74, 6) is 1.71. The number of aliphatic imine (C=N–C) groups is 1. The van der Waals surface area contributed by atoms with Crippen LogP contribution in [-0.4, -0.2) is 68.3 Å². The van der Waals surface area contributed by atoms with Gasteiger partial charge in [-0.3, -0.25) is 4.99 Å². The van der Waals surface area contributed by atoms with Gasteiger partial charge < -0.3 is 24.6 Å². The average molecular weight is 476 g/mol. The maximum Gasteiger partial charge on any atom is 0.409 e. The van der Waals surface area contributed by atoms with Gasteiger partial charge in [-0.25, -0.2) is 4.79 Å². The van der Waals surface area contributed by atoms with Crippen LogP contribution in [0.4, 0.5) is 4.79 Å². The Morgan fingerprint density at radius 1 is 1.15 bits per heavy atom. The van der Waals surface area contributed by atoms with Gasteiger partial charge in [0.25, 0.3) is 0 Å². The molecule has 8 heteroatoms. The molecule has 0 unspecified atom stereocenters. The fourth-order valence-electron chi connectivity index (χ4n) is 2.74. The maximum atomic E-state index is 11.8. The maximum absolute atomic E-state index is 11.8. The quantitative estimate of drug-likeness (QED) is 0.402. The van der Waals surface area contributed by atoms with Crippen molar-refractivity contribution in [3.05, 3.63) is 29.8 Å². The number of carbonyl (C=O) groups is 1. The Kier molecular flexibility index (Phi) is 10.2. The Hall–Kier alpha value is -1.71. The number of piperazine rings is 1. The molecule has 146 valence electrons. The first-order chi connectivity index (χ1) is 12.2. The minimum atomic E-state index is -0.238. The molecule has 0 bridgehead atoms. The van der Waals surface area contributed by atoms with E-state index in [2.05, 4.69) is 21.3 Å². The fraction of sp³-hybridized carbons (Fsp3) is 0.556. The molecule has 1 aromatic carbocycles. The van der Waals surface area contributed by atoms with Crippen molar-refractivity contribution in [2.75, 3.05) is 46.4 Å². The number of hydrogen-bond acceptors (Lipinski definition) is 4. The number of carbonyl (C=O) groups excluding carboxylic acids is 1. The van der Waals surface area contributed by atoms with Gasteiger partial charge in [0.05, 0.1) is 13.2 Å². The molecule has 0 atom stereocenters. The number of nitrogens with zero attached hydrogens (tertiary/aromatic N) is 3. The van der Waals surface area contributed by atoms with Crippen molar-refractivity contribution in [1.29, 1.82) is 0 Å². The predicted molar refractivity (Wildman–Crippen MR) is 113 cm³/mol. The molecule has 0 radical (unpaired) electrons. The zero-order valence-corrected chi connectivity index (χ0v) is 18.1. The van der Waals surface area contributed by atoms with Gasteiger partial charge in [-0.2, -0.15) is 0 Å². The molecule has 1 amide bonds. The van der Waals surface area contributed by atoms with Crippen molar-refractivity contribution >= 4 is 36.0 Å². The molecule has 2 rings (SSSR count). The van der Waals surface area contributed by atoms with Gasteiger partial charge in [-0.15, -0.1) is 24.0 Å². The number of nitrogens with one attached hydrogen (secondary N) is 1. The standard InChI is InChI=1S/C18H28N4O3.HI/c1-4-24-16-8-6-7-15(13-16)14-20-17(19-3)21-9-11-22(12-10-21)18(23)25-5-2;/h6-8,13H,4-5,9-12,14H2,1-3H3,(H,19,20);1H. The highest BCUT2D eigenvalue weighted by atomic mass is 127. The predicted octanol–water partition coefficient (Wildman–Crippen LogP) is 2.55. The molecule has 1 N–H and O–H groups in total. The van der Waals surface area contributed by atoms with Crippen LogP contribution in [0.2, 0.25) is 0 Å². The number of ether oxygens (including phenoxy) is 2. The van der Waals surface area contributed by atoms with Crippen LogP contribution < -0.4 is 10.1 Å². The molecule has 1 saturated heterocycles. The van der Waals surface area contributed by atoms with Crippen LogP contribution in [-0.2, 0) is 11.3 Å². The van der Waals surface area contributed by atoms with E-state index >= 15 is 0 Å². The second-order valence-corrected chi connectivity index (χ2v) is 5.65. The molecule has 26 heavy (non-hydrogen) atoms. The zero-order chi connectivity index (χ0) is 18.1. The molecular formula is C18H29IN4O3. The van der Waals surface area contributed by atoms with E-state index in [1.54, 1.807) is 11.9 Å². The number of guanidine groups is 1. The van der Waals surface area contributed by atoms with Gasteiger partial charge in [0, 0.05) is 39.8 Å². The molecule has 7 nitrogen and oxygen atoms in total. The van der Waals surface area contributed by atoms with Crippen molar-refractivity contribution < 1.29 is 14.3 Å². The molecule has 0 saturated carbocycles. The number of rotatable bonds is 5. The highest BCUT2D eigenvalue weighted by Gasteiger charge is 2.23. The van der Waals surface area contributed by atoms with Gasteiger partial charge in [-0.1, -0.05) is 12.1 Å². The topological polar surface area (TPSA) is 66.4 Å². The molecule has 0 aromatic heterocycles. The Balaban J connectivity index is 0.00000338. The third-order valence-corrected chi connectivity index (χ3v) is 3.98. The van der Waals surface area contributed by atoms with E-state index < -0.39 is 0 Å². The van der Waals surface area contributed by atoms with Gasteiger partial charge in [0.15, 0.2) is 5.96 Å². The van der Waals surface area contributed by atoms with E-state index in [4.69, 9.17) is 9.47 Å². The second-order valence-electron chi connectivity index (χ2n) is 5.65. The summed E-state index contributed by atoms with van der Waals surface area (Å²) in [5, 5.41) is 3.38. The van der Waals surface area contributed by atoms with E-state index in [-0.39, 0.29) is 30.1 Å². The lowest BCUT2D eigenvalue weighted by molar-refractivity contribution is 0.0914. The SMILES string of the molecule is CCOC(=O)N1CCN(C(=NC)NCc2cccc(OCC)c2)CC1.I. The van der Waals surface area contributed by atoms with E-state index in [1.165, 1.54) is 0 Å². The first-order valence-corrected chi connectivity index (χ1v) is 8.77. The molecule has 0 spiro atoms. The third kappa shape index (κ3) is 6.54. The van der Waals surface area contributed by atoms with Crippen molar-refractivity contribution in [2.24, 2.45) is 4.99 Å². The number of amides is 1. The van der Waals surface area contributed by atoms with Crippen LogP contribution in [0.1, 0.15) is 19.4 Å². The Labute approximate surface area is 172 Å². The summed E-state index contributed by atoms with van der Waals surface area (Å²) in [6.07, 6.45) is -0.238. The van der Waals surface area contributed by atoms with E-state index in [0.717, 1.165) is 30.4 Å². The highest BCUT2D eigenvalue weighted by Crippen LogP contribution is 2.13. The largest absolute Gasteiger partial charge is 0.494 e. The summed E-state index contributed by atoms with van der Waals surface area (Å²) in [5.41, 5.74) is 1.14. The van der Waals surface area contributed by atoms with E-state index in [0.29, 0.717) is 32.8 Å². The van der Waals surface area contributed by atoms with Gasteiger partial charge in [0.2, 0.25) is 0 Å². The van der Waals surface area contributed by atoms with Gasteiger partial charge >= 0.3 is 6.09 Å².